The first-order chi connectivity index (χ1) is 11.8. The number of rotatable bonds is 3. The van der Waals surface area contributed by atoms with Gasteiger partial charge in [0.05, 0.1) is 12.7 Å². The zero-order chi connectivity index (χ0) is 18.3. The van der Waals surface area contributed by atoms with E-state index in [-0.39, 0.29) is 11.8 Å². The van der Waals surface area contributed by atoms with E-state index in [0.717, 1.165) is 12.1 Å². The Balaban J connectivity index is 1.98. The molecule has 1 aliphatic rings. The largest absolute Gasteiger partial charge is 0.458 e. The smallest absolute Gasteiger partial charge is 0.336 e. The summed E-state index contributed by atoms with van der Waals surface area (Å²) in [6.07, 6.45) is -5.40. The van der Waals surface area contributed by atoms with Gasteiger partial charge in [-0.1, -0.05) is 0 Å². The number of halogens is 2. The van der Waals surface area contributed by atoms with Crippen LogP contribution in [0.4, 0.5) is 8.78 Å². The highest BCUT2D eigenvalue weighted by atomic mass is 19.1. The van der Waals surface area contributed by atoms with Crippen LogP contribution in [0.2, 0.25) is 0 Å². The zero-order valence-electron chi connectivity index (χ0n) is 13.1. The number of aliphatic hydroxyl groups is 3. The van der Waals surface area contributed by atoms with Crippen LogP contribution in [0.1, 0.15) is 12.0 Å². The summed E-state index contributed by atoms with van der Waals surface area (Å²) < 4.78 is 44.0. The van der Waals surface area contributed by atoms with Crippen LogP contribution in [0.3, 0.4) is 0 Å². The first-order valence-corrected chi connectivity index (χ1v) is 7.53. The third-order valence-corrected chi connectivity index (χ3v) is 4.06. The van der Waals surface area contributed by atoms with Crippen LogP contribution in [0, 0.1) is 18.6 Å². The van der Waals surface area contributed by atoms with Crippen LogP contribution in [0.15, 0.2) is 21.3 Å². The molecule has 0 bridgehead atoms. The molecule has 1 fully saturated rings. The molecule has 1 aromatic heterocycles. The molecular weight excluding hydrogens is 342 g/mol. The highest BCUT2D eigenvalue weighted by molar-refractivity contribution is 5.82. The van der Waals surface area contributed by atoms with Crippen LogP contribution < -0.4 is 10.4 Å². The Bertz CT molecular complexity index is 850. The fourth-order valence-corrected chi connectivity index (χ4v) is 2.74. The molecule has 0 amide bonds. The minimum Gasteiger partial charge on any atom is -0.458 e. The van der Waals surface area contributed by atoms with Crippen molar-refractivity contribution in [2.45, 2.75) is 37.9 Å². The minimum atomic E-state index is -1.35. The number of ether oxygens (including phenoxy) is 2. The van der Waals surface area contributed by atoms with Crippen LogP contribution in [0.5, 0.6) is 5.75 Å². The number of fused-ring (bicyclic) bond motifs is 1. The second kappa shape index (κ2) is 6.68. The molecule has 4 atom stereocenters. The van der Waals surface area contributed by atoms with Gasteiger partial charge in [-0.15, -0.1) is 0 Å². The summed E-state index contributed by atoms with van der Waals surface area (Å²) in [4.78, 5) is 11.4. The summed E-state index contributed by atoms with van der Waals surface area (Å²) in [5.74, 6) is -3.11. The van der Waals surface area contributed by atoms with Crippen LogP contribution in [-0.4, -0.2) is 46.5 Å². The van der Waals surface area contributed by atoms with Gasteiger partial charge in [-0.2, -0.15) is 4.39 Å². The van der Waals surface area contributed by atoms with Crippen LogP contribution in [-0.2, 0) is 4.74 Å². The van der Waals surface area contributed by atoms with Gasteiger partial charge in [-0.05, 0) is 18.6 Å². The highest BCUT2D eigenvalue weighted by Gasteiger charge is 2.38. The predicted octanol–water partition coefficient (Wildman–Crippen LogP) is 0.588. The molecule has 0 radical (unpaired) electrons. The van der Waals surface area contributed by atoms with E-state index in [4.69, 9.17) is 19.0 Å². The zero-order valence-corrected chi connectivity index (χ0v) is 13.1. The first kappa shape index (κ1) is 17.7. The van der Waals surface area contributed by atoms with Gasteiger partial charge in [0.1, 0.15) is 12.2 Å². The maximum atomic E-state index is 14.6. The lowest BCUT2D eigenvalue weighted by Crippen LogP contribution is -2.51. The molecule has 0 spiro atoms. The quantitative estimate of drug-likeness (QED) is 0.689. The van der Waals surface area contributed by atoms with Crippen molar-refractivity contribution in [3.05, 3.63) is 39.8 Å². The summed E-state index contributed by atoms with van der Waals surface area (Å²) in [5.41, 5.74) is -0.922. The van der Waals surface area contributed by atoms with Crippen LogP contribution in [0.25, 0.3) is 11.0 Å². The van der Waals surface area contributed by atoms with Crippen molar-refractivity contribution in [1.29, 1.82) is 0 Å². The number of benzene rings is 1. The predicted molar refractivity (Wildman–Crippen MR) is 80.1 cm³/mol. The van der Waals surface area contributed by atoms with E-state index in [2.05, 4.69) is 0 Å². The molecule has 25 heavy (non-hydrogen) atoms. The molecular formula is C16H16F2O7. The molecule has 2 unspecified atom stereocenters. The van der Waals surface area contributed by atoms with Crippen molar-refractivity contribution in [3.8, 4) is 5.75 Å². The van der Waals surface area contributed by atoms with Crippen molar-refractivity contribution in [2.24, 2.45) is 0 Å². The highest BCUT2D eigenvalue weighted by Crippen LogP contribution is 2.33. The van der Waals surface area contributed by atoms with E-state index < -0.39 is 59.8 Å². The normalized spacial score (nSPS) is 26.8. The molecule has 136 valence electrons. The fourth-order valence-electron chi connectivity index (χ4n) is 2.74. The van der Waals surface area contributed by atoms with E-state index >= 15 is 0 Å². The van der Waals surface area contributed by atoms with Gasteiger partial charge < -0.3 is 29.2 Å². The Labute approximate surface area is 140 Å². The monoisotopic (exact) mass is 358 g/mol. The molecule has 7 nitrogen and oxygen atoms in total. The Morgan fingerprint density at radius 1 is 1.32 bits per heavy atom. The molecule has 0 saturated carbocycles. The second-order valence-electron chi connectivity index (χ2n) is 5.82. The average molecular weight is 358 g/mol. The Morgan fingerprint density at radius 3 is 2.72 bits per heavy atom. The van der Waals surface area contributed by atoms with Crippen LogP contribution >= 0.6 is 0 Å². The molecule has 3 rings (SSSR count). The lowest BCUT2D eigenvalue weighted by atomic mass is 10.0. The van der Waals surface area contributed by atoms with E-state index in [1.807, 2.05) is 0 Å². The molecule has 1 aliphatic heterocycles. The van der Waals surface area contributed by atoms with Gasteiger partial charge in [-0.25, -0.2) is 9.18 Å². The van der Waals surface area contributed by atoms with Gasteiger partial charge in [-0.3, -0.25) is 0 Å². The third kappa shape index (κ3) is 3.23. The molecule has 2 aromatic rings. The first-order valence-electron chi connectivity index (χ1n) is 7.53. The van der Waals surface area contributed by atoms with Gasteiger partial charge in [0.2, 0.25) is 12.1 Å². The Morgan fingerprint density at radius 2 is 2.04 bits per heavy atom. The third-order valence-electron chi connectivity index (χ3n) is 4.06. The standard InChI is InChI=1S/C16H16F2O7/c1-6-2-11(21)24-15-7(6)3-8(17)16(13(15)18)25-12-4-9(20)14(22)10(5-19)23-12/h2-3,9-10,12,14,19-20,22H,4-5H2,1H3/t9?,10?,12-,14+/m1/s1. The second-order valence-corrected chi connectivity index (χ2v) is 5.82. The number of aryl methyl sites for hydroxylation is 1. The number of hydrogen-bond donors (Lipinski definition) is 3. The minimum absolute atomic E-state index is 0.0789. The maximum absolute atomic E-state index is 14.6. The number of aliphatic hydroxyl groups excluding tert-OH is 3. The molecule has 2 heterocycles. The molecule has 9 heteroatoms. The summed E-state index contributed by atoms with van der Waals surface area (Å²) in [6.45, 7) is 0.890. The van der Waals surface area contributed by atoms with Gasteiger partial charge in [0.25, 0.3) is 0 Å². The van der Waals surface area contributed by atoms with Crippen molar-refractivity contribution in [1.82, 2.24) is 0 Å². The van der Waals surface area contributed by atoms with Crippen molar-refractivity contribution < 1.29 is 38.0 Å². The summed E-state index contributed by atoms with van der Waals surface area (Å²) in [5, 5.41) is 28.6. The summed E-state index contributed by atoms with van der Waals surface area (Å²) in [7, 11) is 0. The molecule has 0 aliphatic carbocycles. The van der Waals surface area contributed by atoms with Gasteiger partial charge >= 0.3 is 5.63 Å². The molecule has 3 N–H and O–H groups in total. The van der Waals surface area contributed by atoms with Crippen molar-refractivity contribution in [2.75, 3.05) is 6.61 Å². The SMILES string of the molecule is Cc1cc(=O)oc2c(F)c(O[C@@H]3CC(O)[C@H](O)C(CO)O3)c(F)cc12. The lowest BCUT2D eigenvalue weighted by Gasteiger charge is -2.36. The Hall–Kier alpha value is -2.07. The van der Waals surface area contributed by atoms with Crippen molar-refractivity contribution >= 4 is 11.0 Å². The van der Waals surface area contributed by atoms with E-state index in [1.54, 1.807) is 0 Å². The van der Waals surface area contributed by atoms with Gasteiger partial charge in [0.15, 0.2) is 17.1 Å². The summed E-state index contributed by atoms with van der Waals surface area (Å²) in [6, 6.07) is 2.07. The van der Waals surface area contributed by atoms with Gasteiger partial charge in [0, 0.05) is 17.9 Å². The lowest BCUT2D eigenvalue weighted by molar-refractivity contribution is -0.230. The van der Waals surface area contributed by atoms with E-state index in [1.165, 1.54) is 6.92 Å². The average Bonchev–Trinajstić information content (AvgIpc) is 2.55. The fraction of sp³-hybridized carbons (Fsp3) is 0.438. The maximum Gasteiger partial charge on any atom is 0.336 e. The summed E-state index contributed by atoms with van der Waals surface area (Å²) >= 11 is 0. The molecule has 1 saturated heterocycles. The topological polar surface area (TPSA) is 109 Å². The van der Waals surface area contributed by atoms with E-state index in [0.29, 0.717) is 5.56 Å². The molecule has 1 aromatic carbocycles. The van der Waals surface area contributed by atoms with E-state index in [9.17, 15) is 23.8 Å². The Kier molecular flexibility index (Phi) is 4.74. The van der Waals surface area contributed by atoms with Crippen molar-refractivity contribution in [3.63, 3.8) is 0 Å². The number of hydrogen-bond acceptors (Lipinski definition) is 7.